The largest absolute Gasteiger partial charge is 0.370 e. The standard InChI is InChI=1S/C13H21N3/c1-2-14-10-12-6-7-15-11-13(12)16-8-4-3-5-9-16/h6-7,11,14H,2-5,8-10H2,1H3. The van der Waals surface area contributed by atoms with Gasteiger partial charge in [-0.15, -0.1) is 0 Å². The van der Waals surface area contributed by atoms with Crippen LogP contribution in [0.5, 0.6) is 0 Å². The Balaban J connectivity index is 2.11. The number of piperidine rings is 1. The van der Waals surface area contributed by atoms with Crippen molar-refractivity contribution in [1.29, 1.82) is 0 Å². The van der Waals surface area contributed by atoms with Crippen LogP contribution in [0, 0.1) is 0 Å². The molecule has 1 aromatic rings. The van der Waals surface area contributed by atoms with E-state index in [-0.39, 0.29) is 0 Å². The Hall–Kier alpha value is -1.09. The predicted octanol–water partition coefficient (Wildman–Crippen LogP) is 2.18. The van der Waals surface area contributed by atoms with Crippen molar-refractivity contribution in [1.82, 2.24) is 10.3 Å². The van der Waals surface area contributed by atoms with Crippen molar-refractivity contribution >= 4 is 5.69 Å². The molecule has 2 rings (SSSR count). The molecule has 3 heteroatoms. The quantitative estimate of drug-likeness (QED) is 0.841. The third-order valence-electron chi connectivity index (χ3n) is 3.15. The molecule has 0 spiro atoms. The summed E-state index contributed by atoms with van der Waals surface area (Å²) < 4.78 is 0. The summed E-state index contributed by atoms with van der Waals surface area (Å²) in [6, 6.07) is 2.13. The van der Waals surface area contributed by atoms with Gasteiger partial charge in [0.25, 0.3) is 0 Å². The molecule has 0 atom stereocenters. The van der Waals surface area contributed by atoms with E-state index in [2.05, 4.69) is 28.2 Å². The Bertz CT molecular complexity index is 319. The molecule has 1 aromatic heterocycles. The van der Waals surface area contributed by atoms with Crippen molar-refractivity contribution in [3.8, 4) is 0 Å². The zero-order chi connectivity index (χ0) is 11.2. The van der Waals surface area contributed by atoms with Crippen LogP contribution in [0.1, 0.15) is 31.7 Å². The van der Waals surface area contributed by atoms with E-state index in [4.69, 9.17) is 0 Å². The second-order valence-electron chi connectivity index (χ2n) is 4.33. The normalized spacial score (nSPS) is 16.4. The maximum absolute atomic E-state index is 4.26. The Morgan fingerprint density at radius 2 is 2.12 bits per heavy atom. The molecule has 16 heavy (non-hydrogen) atoms. The Morgan fingerprint density at radius 3 is 2.88 bits per heavy atom. The number of nitrogens with zero attached hydrogens (tertiary/aromatic N) is 2. The predicted molar refractivity (Wildman–Crippen MR) is 67.7 cm³/mol. The topological polar surface area (TPSA) is 28.2 Å². The van der Waals surface area contributed by atoms with E-state index in [1.807, 2.05) is 12.4 Å². The van der Waals surface area contributed by atoms with Gasteiger partial charge in [-0.3, -0.25) is 4.98 Å². The number of anilines is 1. The van der Waals surface area contributed by atoms with Crippen LogP contribution in [-0.4, -0.2) is 24.6 Å². The number of nitrogens with one attached hydrogen (secondary N) is 1. The summed E-state index contributed by atoms with van der Waals surface area (Å²) in [4.78, 5) is 6.73. The number of rotatable bonds is 4. The van der Waals surface area contributed by atoms with Gasteiger partial charge in [0, 0.05) is 25.8 Å². The number of aromatic nitrogens is 1. The molecular weight excluding hydrogens is 198 g/mol. The van der Waals surface area contributed by atoms with Gasteiger partial charge in [0.1, 0.15) is 0 Å². The molecule has 1 aliphatic heterocycles. The number of hydrogen-bond acceptors (Lipinski definition) is 3. The monoisotopic (exact) mass is 219 g/mol. The van der Waals surface area contributed by atoms with E-state index in [0.717, 1.165) is 13.1 Å². The minimum absolute atomic E-state index is 0.949. The van der Waals surface area contributed by atoms with Crippen molar-refractivity contribution < 1.29 is 0 Å². The van der Waals surface area contributed by atoms with Gasteiger partial charge in [0.15, 0.2) is 0 Å². The first-order valence-corrected chi connectivity index (χ1v) is 6.30. The fraction of sp³-hybridized carbons (Fsp3) is 0.615. The van der Waals surface area contributed by atoms with Gasteiger partial charge in [0.05, 0.1) is 11.9 Å². The molecule has 1 fully saturated rings. The lowest BCUT2D eigenvalue weighted by molar-refractivity contribution is 0.574. The maximum Gasteiger partial charge on any atom is 0.0598 e. The zero-order valence-corrected chi connectivity index (χ0v) is 10.1. The highest BCUT2D eigenvalue weighted by atomic mass is 15.1. The van der Waals surface area contributed by atoms with Crippen LogP contribution in [-0.2, 0) is 6.54 Å². The van der Waals surface area contributed by atoms with Gasteiger partial charge in [-0.25, -0.2) is 0 Å². The van der Waals surface area contributed by atoms with E-state index < -0.39 is 0 Å². The van der Waals surface area contributed by atoms with Crippen molar-refractivity contribution in [2.45, 2.75) is 32.7 Å². The van der Waals surface area contributed by atoms with Crippen LogP contribution in [0.2, 0.25) is 0 Å². The molecule has 1 N–H and O–H groups in total. The molecule has 2 heterocycles. The van der Waals surface area contributed by atoms with Crippen molar-refractivity contribution in [3.05, 3.63) is 24.0 Å². The number of pyridine rings is 1. The van der Waals surface area contributed by atoms with Gasteiger partial charge < -0.3 is 10.2 Å². The average molecular weight is 219 g/mol. The molecule has 0 aliphatic carbocycles. The molecule has 0 bridgehead atoms. The molecule has 3 nitrogen and oxygen atoms in total. The van der Waals surface area contributed by atoms with Gasteiger partial charge in [-0.1, -0.05) is 6.92 Å². The van der Waals surface area contributed by atoms with Crippen LogP contribution < -0.4 is 10.2 Å². The van der Waals surface area contributed by atoms with Gasteiger partial charge in [-0.05, 0) is 37.4 Å². The minimum Gasteiger partial charge on any atom is -0.370 e. The van der Waals surface area contributed by atoms with E-state index in [9.17, 15) is 0 Å². The molecule has 1 aliphatic rings. The molecule has 1 saturated heterocycles. The van der Waals surface area contributed by atoms with E-state index in [0.29, 0.717) is 0 Å². The van der Waals surface area contributed by atoms with E-state index in [1.165, 1.54) is 43.6 Å². The van der Waals surface area contributed by atoms with Crippen LogP contribution in [0.15, 0.2) is 18.5 Å². The van der Waals surface area contributed by atoms with Crippen molar-refractivity contribution in [3.63, 3.8) is 0 Å². The second-order valence-corrected chi connectivity index (χ2v) is 4.33. The van der Waals surface area contributed by atoms with Crippen LogP contribution in [0.25, 0.3) is 0 Å². The highest BCUT2D eigenvalue weighted by molar-refractivity contribution is 5.51. The summed E-state index contributed by atoms with van der Waals surface area (Å²) in [5, 5.41) is 3.39. The minimum atomic E-state index is 0.949. The first-order valence-electron chi connectivity index (χ1n) is 6.30. The molecule has 0 saturated carbocycles. The molecule has 0 unspecified atom stereocenters. The maximum atomic E-state index is 4.26. The lowest BCUT2D eigenvalue weighted by Crippen LogP contribution is -2.31. The molecule has 88 valence electrons. The molecule has 0 aromatic carbocycles. The van der Waals surface area contributed by atoms with Crippen LogP contribution in [0.3, 0.4) is 0 Å². The highest BCUT2D eigenvalue weighted by Gasteiger charge is 2.13. The first kappa shape index (κ1) is 11.4. The Labute approximate surface area is 97.9 Å². The molecule has 0 amide bonds. The van der Waals surface area contributed by atoms with E-state index in [1.54, 1.807) is 0 Å². The Morgan fingerprint density at radius 1 is 1.31 bits per heavy atom. The number of hydrogen-bond donors (Lipinski definition) is 1. The zero-order valence-electron chi connectivity index (χ0n) is 10.1. The first-order chi connectivity index (χ1) is 7.92. The smallest absolute Gasteiger partial charge is 0.0598 e. The molecular formula is C13H21N3. The summed E-state index contributed by atoms with van der Waals surface area (Å²) >= 11 is 0. The van der Waals surface area contributed by atoms with Crippen molar-refractivity contribution in [2.24, 2.45) is 0 Å². The average Bonchev–Trinajstić information content (AvgIpc) is 2.38. The Kier molecular flexibility index (Phi) is 4.17. The summed E-state index contributed by atoms with van der Waals surface area (Å²) in [6.07, 6.45) is 7.91. The SMILES string of the molecule is CCNCc1ccncc1N1CCCCC1. The summed E-state index contributed by atoms with van der Waals surface area (Å²) in [5.41, 5.74) is 2.70. The van der Waals surface area contributed by atoms with E-state index >= 15 is 0 Å². The molecule has 0 radical (unpaired) electrons. The summed E-state index contributed by atoms with van der Waals surface area (Å²) in [7, 11) is 0. The van der Waals surface area contributed by atoms with Crippen molar-refractivity contribution in [2.75, 3.05) is 24.5 Å². The van der Waals surface area contributed by atoms with Crippen LogP contribution in [0.4, 0.5) is 5.69 Å². The van der Waals surface area contributed by atoms with Gasteiger partial charge >= 0.3 is 0 Å². The highest BCUT2D eigenvalue weighted by Crippen LogP contribution is 2.22. The third kappa shape index (κ3) is 2.73. The summed E-state index contributed by atoms with van der Waals surface area (Å²) in [5.74, 6) is 0. The lowest BCUT2D eigenvalue weighted by atomic mass is 10.1. The van der Waals surface area contributed by atoms with Gasteiger partial charge in [-0.2, -0.15) is 0 Å². The van der Waals surface area contributed by atoms with Crippen LogP contribution >= 0.6 is 0 Å². The fourth-order valence-corrected chi connectivity index (χ4v) is 2.24. The lowest BCUT2D eigenvalue weighted by Gasteiger charge is -2.30. The van der Waals surface area contributed by atoms with Gasteiger partial charge in [0.2, 0.25) is 0 Å². The second kappa shape index (κ2) is 5.85. The third-order valence-corrected chi connectivity index (χ3v) is 3.15. The summed E-state index contributed by atoms with van der Waals surface area (Å²) in [6.45, 7) is 6.48. The fourth-order valence-electron chi connectivity index (χ4n) is 2.24.